The molecular formula is C22H34O2. The summed E-state index contributed by atoms with van der Waals surface area (Å²) in [6.07, 6.45) is 8.54. The summed E-state index contributed by atoms with van der Waals surface area (Å²) in [5.74, 6) is 3.17. The van der Waals surface area contributed by atoms with Crippen LogP contribution in [0.25, 0.3) is 0 Å². The van der Waals surface area contributed by atoms with Crippen LogP contribution in [0, 0.1) is 17.3 Å². The first-order valence-corrected chi connectivity index (χ1v) is 9.99. The van der Waals surface area contributed by atoms with Crippen molar-refractivity contribution < 1.29 is 9.84 Å². The SMILES string of the molecule is CCCCCc1cc(O)c2c(c1)OCC1[C@@H]2C(C)(C)[C@H]1CCCC. The zero-order chi connectivity index (χ0) is 17.3. The molecule has 134 valence electrons. The maximum absolute atomic E-state index is 10.7. The Balaban J connectivity index is 1.82. The maximum atomic E-state index is 10.7. The summed E-state index contributed by atoms with van der Waals surface area (Å²) in [6.45, 7) is 10.1. The minimum Gasteiger partial charge on any atom is -0.508 e. The first kappa shape index (κ1) is 17.6. The van der Waals surface area contributed by atoms with Crippen LogP contribution in [0.2, 0.25) is 0 Å². The van der Waals surface area contributed by atoms with Crippen molar-refractivity contribution >= 4 is 0 Å². The van der Waals surface area contributed by atoms with Gasteiger partial charge in [0.25, 0.3) is 0 Å². The molecule has 24 heavy (non-hydrogen) atoms. The van der Waals surface area contributed by atoms with E-state index in [2.05, 4.69) is 33.8 Å². The van der Waals surface area contributed by atoms with E-state index >= 15 is 0 Å². The lowest BCUT2D eigenvalue weighted by molar-refractivity contribution is -0.0883. The summed E-state index contributed by atoms with van der Waals surface area (Å²) < 4.78 is 6.13. The van der Waals surface area contributed by atoms with Crippen LogP contribution in [0.5, 0.6) is 11.5 Å². The van der Waals surface area contributed by atoms with Gasteiger partial charge in [-0.1, -0.05) is 53.4 Å². The first-order chi connectivity index (χ1) is 11.5. The standard InChI is InChI=1S/C22H34O2/c1-5-7-9-10-15-12-18(23)20-19(13-15)24-14-16-17(11-8-6-2)22(3,4)21(16)20/h12-13,16-17,21,23H,5-11,14H2,1-4H3/t16?,17-,21-/m0/s1. The molecule has 2 nitrogen and oxygen atoms in total. The Kier molecular flexibility index (Phi) is 5.13. The number of hydrogen-bond acceptors (Lipinski definition) is 2. The van der Waals surface area contributed by atoms with E-state index in [-0.39, 0.29) is 5.41 Å². The molecule has 0 radical (unpaired) electrons. The van der Waals surface area contributed by atoms with Gasteiger partial charge in [-0.25, -0.2) is 0 Å². The Labute approximate surface area is 147 Å². The molecule has 2 heteroatoms. The minimum absolute atomic E-state index is 0.263. The van der Waals surface area contributed by atoms with E-state index in [4.69, 9.17) is 4.74 Å². The van der Waals surface area contributed by atoms with Crippen LogP contribution in [-0.4, -0.2) is 11.7 Å². The monoisotopic (exact) mass is 330 g/mol. The van der Waals surface area contributed by atoms with Crippen LogP contribution in [-0.2, 0) is 6.42 Å². The highest BCUT2D eigenvalue weighted by atomic mass is 16.5. The van der Waals surface area contributed by atoms with Crippen LogP contribution in [0.3, 0.4) is 0 Å². The lowest BCUT2D eigenvalue weighted by atomic mass is 9.45. The lowest BCUT2D eigenvalue weighted by Crippen LogP contribution is -2.55. The Bertz CT molecular complexity index is 576. The van der Waals surface area contributed by atoms with Crippen molar-refractivity contribution in [3.63, 3.8) is 0 Å². The molecular weight excluding hydrogens is 296 g/mol. The Morgan fingerprint density at radius 3 is 2.58 bits per heavy atom. The molecule has 0 saturated heterocycles. The predicted molar refractivity (Wildman–Crippen MR) is 99.9 cm³/mol. The summed E-state index contributed by atoms with van der Waals surface area (Å²) in [4.78, 5) is 0. The fourth-order valence-electron chi connectivity index (χ4n) is 5.27. The molecule has 1 unspecified atom stereocenters. The summed E-state index contributed by atoms with van der Waals surface area (Å²) >= 11 is 0. The molecule has 2 aliphatic rings. The third kappa shape index (κ3) is 2.93. The molecule has 1 aliphatic carbocycles. The molecule has 1 heterocycles. The molecule has 1 N–H and O–H groups in total. The van der Waals surface area contributed by atoms with Crippen molar-refractivity contribution in [1.29, 1.82) is 0 Å². The van der Waals surface area contributed by atoms with Gasteiger partial charge in [0.1, 0.15) is 11.5 Å². The van der Waals surface area contributed by atoms with Gasteiger partial charge in [-0.2, -0.15) is 0 Å². The Morgan fingerprint density at radius 2 is 1.88 bits per heavy atom. The van der Waals surface area contributed by atoms with Gasteiger partial charge in [-0.3, -0.25) is 0 Å². The minimum atomic E-state index is 0.263. The summed E-state index contributed by atoms with van der Waals surface area (Å²) in [5, 5.41) is 10.7. The molecule has 0 bridgehead atoms. The van der Waals surface area contributed by atoms with E-state index in [1.165, 1.54) is 44.1 Å². The predicted octanol–water partition coefficient (Wildman–Crippen LogP) is 6.06. The number of ether oxygens (including phenoxy) is 1. The number of fused-ring (bicyclic) bond motifs is 3. The van der Waals surface area contributed by atoms with Crippen LogP contribution in [0.15, 0.2) is 12.1 Å². The van der Waals surface area contributed by atoms with Crippen molar-refractivity contribution in [1.82, 2.24) is 0 Å². The van der Waals surface area contributed by atoms with Crippen molar-refractivity contribution in [2.24, 2.45) is 17.3 Å². The molecule has 0 amide bonds. The number of unbranched alkanes of at least 4 members (excludes halogenated alkanes) is 3. The van der Waals surface area contributed by atoms with E-state index in [0.29, 0.717) is 17.6 Å². The highest BCUT2D eigenvalue weighted by Crippen LogP contribution is 2.66. The average Bonchev–Trinajstić information content (AvgIpc) is 2.55. The second kappa shape index (κ2) is 6.98. The number of benzene rings is 1. The molecule has 0 aromatic heterocycles. The van der Waals surface area contributed by atoms with E-state index in [1.807, 2.05) is 6.07 Å². The van der Waals surface area contributed by atoms with E-state index in [0.717, 1.165) is 30.3 Å². The van der Waals surface area contributed by atoms with Gasteiger partial charge in [0.05, 0.1) is 6.61 Å². The van der Waals surface area contributed by atoms with E-state index in [9.17, 15) is 5.11 Å². The Morgan fingerprint density at radius 1 is 1.12 bits per heavy atom. The smallest absolute Gasteiger partial charge is 0.126 e. The number of phenolic OH excluding ortho intramolecular Hbond substituents is 1. The second-order valence-corrected chi connectivity index (χ2v) is 8.51. The van der Waals surface area contributed by atoms with Crippen molar-refractivity contribution in [3.05, 3.63) is 23.3 Å². The molecule has 0 spiro atoms. The van der Waals surface area contributed by atoms with E-state index in [1.54, 1.807) is 0 Å². The van der Waals surface area contributed by atoms with Gasteiger partial charge in [0, 0.05) is 17.4 Å². The zero-order valence-electron chi connectivity index (χ0n) is 15.9. The highest BCUT2D eigenvalue weighted by molar-refractivity contribution is 5.53. The third-order valence-electron chi connectivity index (χ3n) is 6.56. The number of rotatable bonds is 7. The normalized spacial score (nSPS) is 26.9. The summed E-state index contributed by atoms with van der Waals surface area (Å²) in [7, 11) is 0. The molecule has 1 fully saturated rings. The van der Waals surface area contributed by atoms with Gasteiger partial charge >= 0.3 is 0 Å². The van der Waals surface area contributed by atoms with Crippen molar-refractivity contribution in [2.75, 3.05) is 6.61 Å². The number of aromatic hydroxyl groups is 1. The number of phenols is 1. The van der Waals surface area contributed by atoms with Gasteiger partial charge < -0.3 is 9.84 Å². The van der Waals surface area contributed by atoms with Gasteiger partial charge in [0.2, 0.25) is 0 Å². The molecule has 1 aromatic carbocycles. The van der Waals surface area contributed by atoms with Crippen LogP contribution >= 0.6 is 0 Å². The first-order valence-electron chi connectivity index (χ1n) is 9.99. The van der Waals surface area contributed by atoms with Crippen LogP contribution in [0.1, 0.15) is 83.3 Å². The van der Waals surface area contributed by atoms with Crippen molar-refractivity contribution in [3.8, 4) is 11.5 Å². The average molecular weight is 331 g/mol. The van der Waals surface area contributed by atoms with E-state index < -0.39 is 0 Å². The fourth-order valence-corrected chi connectivity index (χ4v) is 5.27. The van der Waals surface area contributed by atoms with Gasteiger partial charge in [-0.05, 0) is 48.3 Å². The quantitative estimate of drug-likeness (QED) is 0.615. The van der Waals surface area contributed by atoms with Gasteiger partial charge in [-0.15, -0.1) is 0 Å². The topological polar surface area (TPSA) is 29.5 Å². The Hall–Kier alpha value is -1.18. The zero-order valence-corrected chi connectivity index (χ0v) is 15.9. The highest BCUT2D eigenvalue weighted by Gasteiger charge is 2.59. The number of hydrogen-bond donors (Lipinski definition) is 1. The number of aryl methyl sites for hydroxylation is 1. The molecule has 1 saturated carbocycles. The van der Waals surface area contributed by atoms with Crippen LogP contribution < -0.4 is 4.74 Å². The van der Waals surface area contributed by atoms with Gasteiger partial charge in [0.15, 0.2) is 0 Å². The molecule has 3 atom stereocenters. The molecule has 1 aromatic rings. The molecule has 1 aliphatic heterocycles. The third-order valence-corrected chi connectivity index (χ3v) is 6.56. The lowest BCUT2D eigenvalue weighted by Gasteiger charge is -2.61. The van der Waals surface area contributed by atoms with Crippen molar-refractivity contribution in [2.45, 2.75) is 78.6 Å². The van der Waals surface area contributed by atoms with Crippen LogP contribution in [0.4, 0.5) is 0 Å². The second-order valence-electron chi connectivity index (χ2n) is 8.51. The maximum Gasteiger partial charge on any atom is 0.126 e. The summed E-state index contributed by atoms with van der Waals surface area (Å²) in [5.41, 5.74) is 2.57. The summed E-state index contributed by atoms with van der Waals surface area (Å²) in [6, 6.07) is 4.19. The largest absolute Gasteiger partial charge is 0.508 e. The fraction of sp³-hybridized carbons (Fsp3) is 0.727. The molecule has 3 rings (SSSR count).